The van der Waals surface area contributed by atoms with Gasteiger partial charge < -0.3 is 19.8 Å². The predicted molar refractivity (Wildman–Crippen MR) is 76.2 cm³/mol. The van der Waals surface area contributed by atoms with Gasteiger partial charge >= 0.3 is 0 Å². The number of fused-ring (bicyclic) bond motifs is 3. The van der Waals surface area contributed by atoms with Crippen molar-refractivity contribution in [1.29, 1.82) is 0 Å². The summed E-state index contributed by atoms with van der Waals surface area (Å²) in [7, 11) is 1.46. The number of hydrogen-bond acceptors (Lipinski definition) is 5. The smallest absolute Gasteiger partial charge is 0.249 e. The fraction of sp³-hybridized carbons (Fsp3) is 0.286. The highest BCUT2D eigenvalue weighted by Crippen LogP contribution is 2.43. The number of phenolic OH excluding ortho intramolecular Hbond substituents is 2. The Balaban J connectivity index is 2.11. The number of aromatic hydroxyl groups is 2. The number of phenols is 2. The van der Waals surface area contributed by atoms with Crippen molar-refractivity contribution in [3.05, 3.63) is 28.4 Å². The number of aromatic nitrogens is 1. The Bertz CT molecular complexity index is 748. The topological polar surface area (TPSA) is 82.9 Å². The van der Waals surface area contributed by atoms with Gasteiger partial charge in [-0.15, -0.1) is 0 Å². The van der Waals surface area contributed by atoms with Gasteiger partial charge in [0.25, 0.3) is 0 Å². The molecule has 2 N–H and O–H groups in total. The SMILES string of the molecule is COCC(=O)N1Cc2cnc3cc(Cl)c(O)c(O)c3c2C1. The largest absolute Gasteiger partial charge is 0.504 e. The highest BCUT2D eigenvalue weighted by Gasteiger charge is 2.27. The van der Waals surface area contributed by atoms with Gasteiger partial charge in [0.05, 0.1) is 15.9 Å². The van der Waals surface area contributed by atoms with E-state index in [2.05, 4.69) is 4.98 Å². The first-order valence-electron chi connectivity index (χ1n) is 6.30. The van der Waals surface area contributed by atoms with Crippen molar-refractivity contribution in [2.75, 3.05) is 13.7 Å². The molecule has 0 atom stereocenters. The summed E-state index contributed by atoms with van der Waals surface area (Å²) in [4.78, 5) is 17.7. The standard InChI is InChI=1S/C14H13ClN2O4/c1-21-6-11(18)17-4-7-3-16-10-2-9(15)13(19)14(20)12(10)8(7)5-17/h2-3,19-20H,4-6H2,1H3. The van der Waals surface area contributed by atoms with Gasteiger partial charge in [-0.2, -0.15) is 0 Å². The van der Waals surface area contributed by atoms with E-state index in [1.165, 1.54) is 13.2 Å². The lowest BCUT2D eigenvalue weighted by atomic mass is 10.0. The maximum atomic E-state index is 11.9. The molecular formula is C14H13ClN2O4. The molecule has 1 aliphatic heterocycles. The summed E-state index contributed by atoms with van der Waals surface area (Å²) >= 11 is 5.83. The van der Waals surface area contributed by atoms with E-state index in [0.717, 1.165) is 11.1 Å². The van der Waals surface area contributed by atoms with E-state index < -0.39 is 0 Å². The molecule has 1 aromatic carbocycles. The van der Waals surface area contributed by atoms with E-state index in [-0.39, 0.29) is 29.0 Å². The van der Waals surface area contributed by atoms with Gasteiger partial charge in [-0.25, -0.2) is 0 Å². The average molecular weight is 309 g/mol. The minimum atomic E-state index is -0.374. The molecule has 0 saturated carbocycles. The van der Waals surface area contributed by atoms with E-state index >= 15 is 0 Å². The van der Waals surface area contributed by atoms with Gasteiger partial charge in [0.1, 0.15) is 6.61 Å². The number of carbonyl (C=O) groups is 1. The van der Waals surface area contributed by atoms with E-state index in [9.17, 15) is 15.0 Å². The van der Waals surface area contributed by atoms with Gasteiger partial charge in [0, 0.05) is 26.4 Å². The number of methoxy groups -OCH3 is 1. The monoisotopic (exact) mass is 308 g/mol. The molecule has 2 heterocycles. The minimum absolute atomic E-state index is 0.00239. The van der Waals surface area contributed by atoms with Crippen LogP contribution in [0.2, 0.25) is 5.02 Å². The fourth-order valence-corrected chi connectivity index (χ4v) is 2.75. The number of nitrogens with zero attached hydrogens (tertiary/aromatic N) is 2. The third kappa shape index (κ3) is 2.16. The highest BCUT2D eigenvalue weighted by atomic mass is 35.5. The van der Waals surface area contributed by atoms with E-state index in [4.69, 9.17) is 16.3 Å². The summed E-state index contributed by atoms with van der Waals surface area (Å²) in [6.45, 7) is 0.747. The Kier molecular flexibility index (Phi) is 3.35. The number of hydrogen-bond donors (Lipinski definition) is 2. The first kappa shape index (κ1) is 13.9. The zero-order valence-electron chi connectivity index (χ0n) is 11.3. The fourth-order valence-electron chi connectivity index (χ4n) is 2.56. The van der Waals surface area contributed by atoms with E-state index in [0.29, 0.717) is 24.0 Å². The molecular weight excluding hydrogens is 296 g/mol. The lowest BCUT2D eigenvalue weighted by Crippen LogP contribution is -2.28. The van der Waals surface area contributed by atoms with Crippen LogP contribution in [0.5, 0.6) is 11.5 Å². The Morgan fingerprint density at radius 3 is 2.90 bits per heavy atom. The molecule has 0 bridgehead atoms. The van der Waals surface area contributed by atoms with Crippen LogP contribution in [-0.2, 0) is 22.6 Å². The van der Waals surface area contributed by atoms with E-state index in [1.54, 1.807) is 11.1 Å². The second kappa shape index (κ2) is 5.05. The number of pyridine rings is 1. The molecule has 2 aromatic rings. The van der Waals surface area contributed by atoms with Crippen LogP contribution in [0.25, 0.3) is 10.9 Å². The minimum Gasteiger partial charge on any atom is -0.504 e. The lowest BCUT2D eigenvalue weighted by molar-refractivity contribution is -0.135. The van der Waals surface area contributed by atoms with Crippen molar-refractivity contribution in [1.82, 2.24) is 9.88 Å². The molecule has 0 unspecified atom stereocenters. The van der Waals surface area contributed by atoms with Crippen molar-refractivity contribution >= 4 is 28.4 Å². The van der Waals surface area contributed by atoms with Crippen molar-refractivity contribution in [3.63, 3.8) is 0 Å². The molecule has 0 radical (unpaired) electrons. The summed E-state index contributed by atoms with van der Waals surface area (Å²) < 4.78 is 4.85. The summed E-state index contributed by atoms with van der Waals surface area (Å²) in [6.07, 6.45) is 1.66. The number of ether oxygens (including phenoxy) is 1. The van der Waals surface area contributed by atoms with Gasteiger partial charge in [0.2, 0.25) is 5.91 Å². The van der Waals surface area contributed by atoms with Crippen LogP contribution in [0.1, 0.15) is 11.1 Å². The molecule has 1 aliphatic rings. The predicted octanol–water partition coefficient (Wildman–Crippen LogP) is 1.79. The molecule has 0 saturated heterocycles. The lowest BCUT2D eigenvalue weighted by Gasteiger charge is -2.14. The van der Waals surface area contributed by atoms with Crippen LogP contribution < -0.4 is 0 Å². The van der Waals surface area contributed by atoms with Crippen LogP contribution in [0.4, 0.5) is 0 Å². The second-order valence-electron chi connectivity index (χ2n) is 4.89. The van der Waals surface area contributed by atoms with Crippen molar-refractivity contribution in [2.45, 2.75) is 13.1 Å². The molecule has 0 spiro atoms. The molecule has 3 rings (SSSR count). The third-order valence-electron chi connectivity index (χ3n) is 3.59. The van der Waals surface area contributed by atoms with Crippen LogP contribution >= 0.6 is 11.6 Å². The molecule has 1 amide bonds. The van der Waals surface area contributed by atoms with Crippen molar-refractivity contribution < 1.29 is 19.7 Å². The van der Waals surface area contributed by atoms with E-state index in [1.807, 2.05) is 0 Å². The molecule has 7 heteroatoms. The molecule has 21 heavy (non-hydrogen) atoms. The zero-order valence-corrected chi connectivity index (χ0v) is 12.0. The normalized spacial score (nSPS) is 13.7. The summed E-state index contributed by atoms with van der Waals surface area (Å²) in [5.41, 5.74) is 2.09. The van der Waals surface area contributed by atoms with Gasteiger partial charge in [-0.1, -0.05) is 11.6 Å². The number of halogens is 1. The second-order valence-corrected chi connectivity index (χ2v) is 5.30. The van der Waals surface area contributed by atoms with Crippen molar-refractivity contribution in [2.24, 2.45) is 0 Å². The van der Waals surface area contributed by atoms with Gasteiger partial charge in [-0.05, 0) is 17.2 Å². The molecule has 0 fully saturated rings. The third-order valence-corrected chi connectivity index (χ3v) is 3.87. The van der Waals surface area contributed by atoms with Crippen LogP contribution in [0.15, 0.2) is 12.3 Å². The quantitative estimate of drug-likeness (QED) is 0.826. The Morgan fingerprint density at radius 1 is 1.43 bits per heavy atom. The average Bonchev–Trinajstić information content (AvgIpc) is 2.88. The number of rotatable bonds is 2. The molecule has 6 nitrogen and oxygen atoms in total. The maximum absolute atomic E-state index is 11.9. The summed E-state index contributed by atoms with van der Waals surface area (Å²) in [6, 6.07) is 1.49. The Labute approximate surface area is 125 Å². The zero-order chi connectivity index (χ0) is 15.1. The van der Waals surface area contributed by atoms with Crippen LogP contribution in [0.3, 0.4) is 0 Å². The van der Waals surface area contributed by atoms with Crippen molar-refractivity contribution in [3.8, 4) is 11.5 Å². The molecule has 0 aliphatic carbocycles. The molecule has 110 valence electrons. The van der Waals surface area contributed by atoms with Gasteiger partial charge in [0.15, 0.2) is 11.5 Å². The first-order chi connectivity index (χ1) is 10.0. The Morgan fingerprint density at radius 2 is 2.19 bits per heavy atom. The number of amides is 1. The highest BCUT2D eigenvalue weighted by molar-refractivity contribution is 6.33. The maximum Gasteiger partial charge on any atom is 0.249 e. The first-order valence-corrected chi connectivity index (χ1v) is 6.68. The number of carbonyl (C=O) groups excluding carboxylic acids is 1. The summed E-state index contributed by atoms with van der Waals surface area (Å²) in [5, 5.41) is 20.4. The summed E-state index contributed by atoms with van der Waals surface area (Å²) in [5.74, 6) is -0.816. The van der Waals surface area contributed by atoms with Gasteiger partial charge in [-0.3, -0.25) is 9.78 Å². The van der Waals surface area contributed by atoms with Crippen LogP contribution in [-0.4, -0.2) is 39.7 Å². The Hall–Kier alpha value is -2.05. The van der Waals surface area contributed by atoms with Crippen LogP contribution in [0, 0.1) is 0 Å². The molecule has 1 aromatic heterocycles. The number of benzene rings is 1.